The molecule has 1 aliphatic heterocycles. The first-order chi connectivity index (χ1) is 13.2. The number of hydrogen-bond acceptors (Lipinski definition) is 4. The van der Waals surface area contributed by atoms with E-state index in [4.69, 9.17) is 0 Å². The summed E-state index contributed by atoms with van der Waals surface area (Å²) in [6.45, 7) is 0.0235. The number of carbonyl (C=O) groups is 3. The van der Waals surface area contributed by atoms with Gasteiger partial charge in [-0.1, -0.05) is 36.4 Å². The summed E-state index contributed by atoms with van der Waals surface area (Å²) in [7, 11) is -2.74. The smallest absolute Gasteiger partial charge is 0.270 e. The molecule has 146 valence electrons. The van der Waals surface area contributed by atoms with Crippen molar-refractivity contribution in [1.29, 1.82) is 0 Å². The van der Waals surface area contributed by atoms with Gasteiger partial charge in [-0.3, -0.25) is 23.5 Å². The highest BCUT2D eigenvalue weighted by molar-refractivity contribution is 7.74. The summed E-state index contributed by atoms with van der Waals surface area (Å²) >= 11 is 0. The molecule has 3 amide bonds. The van der Waals surface area contributed by atoms with Crippen molar-refractivity contribution in [3.8, 4) is 0 Å². The van der Waals surface area contributed by atoms with E-state index in [1.54, 1.807) is 36.4 Å². The molecular formula is C18H13F3N2O4S. The first-order valence-electron chi connectivity index (χ1n) is 7.97. The van der Waals surface area contributed by atoms with E-state index >= 15 is 0 Å². The lowest BCUT2D eigenvalue weighted by molar-refractivity contribution is -0.169. The topological polar surface area (TPSA) is 83.9 Å². The van der Waals surface area contributed by atoms with E-state index in [1.165, 1.54) is 12.1 Å². The predicted octanol–water partition coefficient (Wildman–Crippen LogP) is 2.74. The number of hydrogen-bond donors (Lipinski definition) is 1. The van der Waals surface area contributed by atoms with Crippen LogP contribution in [-0.4, -0.2) is 33.0 Å². The molecule has 0 saturated carbocycles. The number of nitrogens with zero attached hydrogens (tertiary/aromatic N) is 2. The number of alkyl halides is 3. The number of thiol groups is 1. The highest BCUT2D eigenvalue weighted by Crippen LogP contribution is 2.24. The zero-order chi connectivity index (χ0) is 20.5. The molecule has 2 aromatic rings. The Bertz CT molecular complexity index is 1010. The molecule has 3 rings (SSSR count). The Balaban J connectivity index is 1.68. The second kappa shape index (κ2) is 7.55. The quantitative estimate of drug-likeness (QED) is 0.621. The molecule has 0 saturated heterocycles. The number of rotatable bonds is 4. The van der Waals surface area contributed by atoms with Crippen LogP contribution in [0, 0.1) is 0 Å². The summed E-state index contributed by atoms with van der Waals surface area (Å²) < 4.78 is 50.6. The minimum atomic E-state index is -5.15. The SMILES string of the molecule is O=C1c2ccccc2C(=O)N1Cc1ccc(C/[SH](=O)=N\C(=O)C(F)(F)F)cc1. The Morgan fingerprint density at radius 3 is 1.93 bits per heavy atom. The van der Waals surface area contributed by atoms with E-state index < -0.39 is 34.5 Å². The average Bonchev–Trinajstić information content (AvgIpc) is 2.88. The molecule has 0 aliphatic carbocycles. The van der Waals surface area contributed by atoms with Gasteiger partial charge in [-0.15, -0.1) is 0 Å². The van der Waals surface area contributed by atoms with Crippen LogP contribution in [0.2, 0.25) is 0 Å². The van der Waals surface area contributed by atoms with Gasteiger partial charge in [0.1, 0.15) is 0 Å². The lowest BCUT2D eigenvalue weighted by Gasteiger charge is -2.14. The van der Waals surface area contributed by atoms with Crippen molar-refractivity contribution in [2.45, 2.75) is 18.5 Å². The van der Waals surface area contributed by atoms with Gasteiger partial charge >= 0.3 is 12.1 Å². The molecule has 0 N–H and O–H groups in total. The number of imide groups is 1. The Hall–Kier alpha value is -3.01. The maximum Gasteiger partial charge on any atom is 0.474 e. The Kier molecular flexibility index (Phi) is 5.32. The number of amides is 3. The molecule has 1 heterocycles. The molecule has 2 aromatic carbocycles. The maximum atomic E-state index is 12.3. The molecule has 1 atom stereocenters. The highest BCUT2D eigenvalue weighted by Gasteiger charge is 2.38. The molecule has 0 aromatic heterocycles. The molecule has 0 fully saturated rings. The van der Waals surface area contributed by atoms with E-state index in [1.807, 2.05) is 0 Å². The van der Waals surface area contributed by atoms with Gasteiger partial charge in [-0.2, -0.15) is 17.5 Å². The van der Waals surface area contributed by atoms with Crippen molar-refractivity contribution < 1.29 is 31.8 Å². The Morgan fingerprint density at radius 1 is 0.929 bits per heavy atom. The van der Waals surface area contributed by atoms with Crippen molar-refractivity contribution >= 4 is 28.3 Å². The Morgan fingerprint density at radius 2 is 1.43 bits per heavy atom. The third-order valence-corrected chi connectivity index (χ3v) is 5.04. The summed E-state index contributed by atoms with van der Waals surface area (Å²) in [6, 6.07) is 12.6. The number of carbonyl (C=O) groups excluding carboxylic acids is 3. The van der Waals surface area contributed by atoms with E-state index in [0.29, 0.717) is 22.3 Å². The second-order valence-corrected chi connectivity index (χ2v) is 7.19. The minimum absolute atomic E-state index is 0.0235. The van der Waals surface area contributed by atoms with Gasteiger partial charge < -0.3 is 0 Å². The van der Waals surface area contributed by atoms with Crippen LogP contribution in [0.1, 0.15) is 31.8 Å². The number of fused-ring (bicyclic) bond motifs is 1. The van der Waals surface area contributed by atoms with Crippen LogP contribution in [0.3, 0.4) is 0 Å². The summed E-state index contributed by atoms with van der Waals surface area (Å²) in [5.41, 5.74) is 1.68. The zero-order valence-corrected chi connectivity index (χ0v) is 15.0. The lowest BCUT2D eigenvalue weighted by Crippen LogP contribution is -2.29. The van der Waals surface area contributed by atoms with E-state index in [-0.39, 0.29) is 12.3 Å². The first kappa shape index (κ1) is 19.7. The maximum absolute atomic E-state index is 12.3. The van der Waals surface area contributed by atoms with E-state index in [2.05, 4.69) is 4.36 Å². The fraction of sp³-hybridized carbons (Fsp3) is 0.167. The van der Waals surface area contributed by atoms with Crippen LogP contribution in [0.4, 0.5) is 13.2 Å². The molecule has 6 nitrogen and oxygen atoms in total. The summed E-state index contributed by atoms with van der Waals surface area (Å²) in [4.78, 5) is 36.5. The van der Waals surface area contributed by atoms with E-state index in [0.717, 1.165) is 4.90 Å². The predicted molar refractivity (Wildman–Crippen MR) is 93.8 cm³/mol. The largest absolute Gasteiger partial charge is 0.474 e. The van der Waals surface area contributed by atoms with Crippen molar-refractivity contribution in [1.82, 2.24) is 4.90 Å². The van der Waals surface area contributed by atoms with Gasteiger partial charge in [0.15, 0.2) is 0 Å². The van der Waals surface area contributed by atoms with Gasteiger partial charge in [0.25, 0.3) is 11.8 Å². The molecule has 10 heteroatoms. The monoisotopic (exact) mass is 410 g/mol. The fourth-order valence-electron chi connectivity index (χ4n) is 2.66. The minimum Gasteiger partial charge on any atom is -0.270 e. The first-order valence-corrected chi connectivity index (χ1v) is 9.37. The third kappa shape index (κ3) is 4.11. The number of benzene rings is 2. The lowest BCUT2D eigenvalue weighted by atomic mass is 10.1. The Labute approximate surface area is 159 Å². The fourth-order valence-corrected chi connectivity index (χ4v) is 3.57. The van der Waals surface area contributed by atoms with Crippen LogP contribution >= 0.6 is 0 Å². The van der Waals surface area contributed by atoms with Crippen LogP contribution < -0.4 is 0 Å². The molecule has 1 unspecified atom stereocenters. The summed E-state index contributed by atoms with van der Waals surface area (Å²) in [5.74, 6) is -3.52. The molecule has 0 spiro atoms. The normalized spacial score (nSPS) is 15.0. The van der Waals surface area contributed by atoms with Crippen LogP contribution in [0.25, 0.3) is 0 Å². The average molecular weight is 410 g/mol. The highest BCUT2D eigenvalue weighted by atomic mass is 32.2. The molecular weight excluding hydrogens is 397 g/mol. The van der Waals surface area contributed by atoms with Gasteiger partial charge in [0.05, 0.1) is 23.4 Å². The van der Waals surface area contributed by atoms with E-state index in [9.17, 15) is 31.8 Å². The molecule has 0 bridgehead atoms. The van der Waals surface area contributed by atoms with Crippen molar-refractivity contribution in [2.75, 3.05) is 0 Å². The van der Waals surface area contributed by atoms with Gasteiger partial charge in [0.2, 0.25) is 0 Å². The molecule has 1 aliphatic rings. The van der Waals surface area contributed by atoms with Gasteiger partial charge in [-0.05, 0) is 23.3 Å². The van der Waals surface area contributed by atoms with Crippen LogP contribution in [0.15, 0.2) is 52.9 Å². The number of halogens is 3. The second-order valence-electron chi connectivity index (χ2n) is 5.97. The van der Waals surface area contributed by atoms with Crippen molar-refractivity contribution in [3.63, 3.8) is 0 Å². The zero-order valence-electron chi connectivity index (χ0n) is 14.1. The molecule has 0 radical (unpaired) electrons. The van der Waals surface area contributed by atoms with Crippen molar-refractivity contribution in [2.24, 2.45) is 4.36 Å². The summed E-state index contributed by atoms with van der Waals surface area (Å²) in [6.07, 6.45) is -5.15. The third-order valence-electron chi connectivity index (χ3n) is 4.00. The van der Waals surface area contributed by atoms with Crippen LogP contribution in [-0.2, 0) is 27.7 Å². The van der Waals surface area contributed by atoms with Gasteiger partial charge in [0, 0.05) is 10.6 Å². The standard InChI is InChI=1S/C18H13F3N2O4S/c19-18(20,21)17(26)22-28(27)10-12-7-5-11(6-8-12)9-23-15(24)13-3-1-2-4-14(13)16(23)25/h1-8,28H,9-10H2. The van der Waals surface area contributed by atoms with Crippen molar-refractivity contribution in [3.05, 3.63) is 70.8 Å². The molecule has 28 heavy (non-hydrogen) atoms. The van der Waals surface area contributed by atoms with Gasteiger partial charge in [-0.25, -0.2) is 0 Å². The summed E-state index contributed by atoms with van der Waals surface area (Å²) in [5, 5.41) is 0. The van der Waals surface area contributed by atoms with Crippen LogP contribution in [0.5, 0.6) is 0 Å².